The number of benzene rings is 1. The molecule has 4 rings (SSSR count). The summed E-state index contributed by atoms with van der Waals surface area (Å²) in [5, 5.41) is 6.01. The van der Waals surface area contributed by atoms with Crippen LogP contribution in [0, 0.1) is 0 Å². The Bertz CT molecular complexity index is 1060. The van der Waals surface area contributed by atoms with Crippen molar-refractivity contribution in [3.05, 3.63) is 79.8 Å². The third-order valence-electron chi connectivity index (χ3n) is 5.86. The maximum Gasteiger partial charge on any atom is 0.336 e. The first-order valence-electron chi connectivity index (χ1n) is 10.8. The van der Waals surface area contributed by atoms with Crippen molar-refractivity contribution >= 4 is 34.7 Å². The van der Waals surface area contributed by atoms with Gasteiger partial charge in [0.2, 0.25) is 0 Å². The van der Waals surface area contributed by atoms with Gasteiger partial charge in [-0.2, -0.15) is 0 Å². The molecule has 0 unspecified atom stereocenters. The first kappa shape index (κ1) is 22.8. The summed E-state index contributed by atoms with van der Waals surface area (Å²) < 4.78 is 10.8. The summed E-state index contributed by atoms with van der Waals surface area (Å²) in [4.78, 5) is 27.8. The summed E-state index contributed by atoms with van der Waals surface area (Å²) in [6, 6.07) is 11.4. The smallest absolute Gasteiger partial charge is 0.336 e. The van der Waals surface area contributed by atoms with Crippen LogP contribution in [0.5, 0.6) is 0 Å². The molecule has 2 aliphatic rings. The average molecular weight is 472 g/mol. The SMILES string of the molecule is CCOCCOC(=O)C1=C(C)NC2=C(C(=O)C[C@@H](c3cccs3)C2)[C@@H]1c1ccc(Cl)cc1. The normalized spacial score (nSPS) is 20.8. The van der Waals surface area contributed by atoms with Crippen molar-refractivity contribution in [2.75, 3.05) is 19.8 Å². The number of Topliss-reactive ketones (excluding diaryl/α,β-unsaturated/α-hetero) is 1. The van der Waals surface area contributed by atoms with Crippen molar-refractivity contribution in [3.8, 4) is 0 Å². The van der Waals surface area contributed by atoms with Gasteiger partial charge in [0.15, 0.2) is 5.78 Å². The summed E-state index contributed by atoms with van der Waals surface area (Å²) >= 11 is 7.78. The molecule has 1 aliphatic heterocycles. The topological polar surface area (TPSA) is 64.6 Å². The van der Waals surface area contributed by atoms with Crippen molar-refractivity contribution in [2.45, 2.75) is 38.5 Å². The number of dihydropyridines is 1. The highest BCUT2D eigenvalue weighted by Crippen LogP contribution is 2.46. The molecule has 7 heteroatoms. The number of halogens is 1. The molecule has 1 aliphatic carbocycles. The van der Waals surface area contributed by atoms with Crippen LogP contribution in [0.15, 0.2) is 64.3 Å². The van der Waals surface area contributed by atoms with E-state index >= 15 is 0 Å². The second-order valence-corrected chi connectivity index (χ2v) is 9.33. The van der Waals surface area contributed by atoms with E-state index in [2.05, 4.69) is 11.4 Å². The van der Waals surface area contributed by atoms with Crippen LogP contribution in [-0.2, 0) is 19.1 Å². The van der Waals surface area contributed by atoms with E-state index in [9.17, 15) is 9.59 Å². The molecule has 2 atom stereocenters. The average Bonchev–Trinajstić information content (AvgIpc) is 3.31. The number of esters is 1. The molecular weight excluding hydrogens is 446 g/mol. The second-order valence-electron chi connectivity index (χ2n) is 7.92. The van der Waals surface area contributed by atoms with Gasteiger partial charge in [0.1, 0.15) is 6.61 Å². The fourth-order valence-electron chi connectivity index (χ4n) is 4.44. The number of ketones is 1. The Hall–Kier alpha value is -2.41. The largest absolute Gasteiger partial charge is 0.460 e. The van der Waals surface area contributed by atoms with Gasteiger partial charge in [0.05, 0.1) is 12.2 Å². The maximum absolute atomic E-state index is 13.4. The van der Waals surface area contributed by atoms with Crippen molar-refractivity contribution in [2.24, 2.45) is 0 Å². The zero-order valence-corrected chi connectivity index (χ0v) is 19.7. The van der Waals surface area contributed by atoms with E-state index in [0.717, 1.165) is 17.7 Å². The third kappa shape index (κ3) is 4.68. The summed E-state index contributed by atoms with van der Waals surface area (Å²) in [6.45, 7) is 4.82. The second kappa shape index (κ2) is 10.0. The van der Waals surface area contributed by atoms with E-state index < -0.39 is 11.9 Å². The number of ether oxygens (including phenoxy) is 2. The van der Waals surface area contributed by atoms with E-state index in [-0.39, 0.29) is 18.3 Å². The lowest BCUT2D eigenvalue weighted by atomic mass is 9.72. The van der Waals surface area contributed by atoms with Gasteiger partial charge in [0, 0.05) is 51.7 Å². The predicted molar refractivity (Wildman–Crippen MR) is 126 cm³/mol. The Kier molecular flexibility index (Phi) is 7.13. The molecule has 0 saturated carbocycles. The number of hydrogen-bond acceptors (Lipinski definition) is 6. The molecule has 0 bridgehead atoms. The van der Waals surface area contributed by atoms with E-state index in [4.69, 9.17) is 21.1 Å². The number of carbonyl (C=O) groups is 2. The highest BCUT2D eigenvalue weighted by molar-refractivity contribution is 7.10. The van der Waals surface area contributed by atoms with E-state index in [1.165, 1.54) is 4.88 Å². The van der Waals surface area contributed by atoms with E-state index in [1.54, 1.807) is 23.5 Å². The molecule has 0 saturated heterocycles. The molecule has 0 radical (unpaired) electrons. The van der Waals surface area contributed by atoms with Gasteiger partial charge in [-0.1, -0.05) is 29.8 Å². The van der Waals surface area contributed by atoms with Gasteiger partial charge >= 0.3 is 5.97 Å². The van der Waals surface area contributed by atoms with Crippen LogP contribution in [0.3, 0.4) is 0 Å². The standard InChI is InChI=1S/C25H26ClNO4S/c1-3-30-10-11-31-25(29)22-15(2)27-19-13-17(21-5-4-12-32-21)14-20(28)24(19)23(22)16-6-8-18(26)9-7-16/h4-9,12,17,23,27H,3,10-11,13-14H2,1-2H3/t17-,23+/m0/s1. The molecule has 32 heavy (non-hydrogen) atoms. The number of nitrogens with one attached hydrogen (secondary N) is 1. The number of hydrogen-bond donors (Lipinski definition) is 1. The maximum atomic E-state index is 13.4. The zero-order valence-electron chi connectivity index (χ0n) is 18.2. The van der Waals surface area contributed by atoms with E-state index in [0.29, 0.717) is 41.5 Å². The molecule has 1 N–H and O–H groups in total. The van der Waals surface area contributed by atoms with Crippen molar-refractivity contribution in [3.63, 3.8) is 0 Å². The Morgan fingerprint density at radius 1 is 1.19 bits per heavy atom. The monoisotopic (exact) mass is 471 g/mol. The lowest BCUT2D eigenvalue weighted by molar-refractivity contribution is -0.140. The molecule has 0 fully saturated rings. The Morgan fingerprint density at radius 2 is 1.97 bits per heavy atom. The first-order chi connectivity index (χ1) is 15.5. The number of thiophene rings is 1. The molecule has 1 aromatic heterocycles. The van der Waals surface area contributed by atoms with Crippen LogP contribution >= 0.6 is 22.9 Å². The number of allylic oxidation sites excluding steroid dienone is 3. The zero-order chi connectivity index (χ0) is 22.7. The van der Waals surface area contributed by atoms with Crippen molar-refractivity contribution < 1.29 is 19.1 Å². The summed E-state index contributed by atoms with van der Waals surface area (Å²) in [5.41, 5.74) is 3.57. The predicted octanol–water partition coefficient (Wildman–Crippen LogP) is 5.34. The van der Waals surface area contributed by atoms with Gasteiger partial charge in [-0.05, 0) is 49.4 Å². The highest BCUT2D eigenvalue weighted by atomic mass is 35.5. The van der Waals surface area contributed by atoms with Crippen LogP contribution < -0.4 is 5.32 Å². The number of carbonyl (C=O) groups excluding carboxylic acids is 2. The minimum atomic E-state index is -0.486. The molecular formula is C25H26ClNO4S. The molecule has 5 nitrogen and oxygen atoms in total. The molecule has 168 valence electrons. The molecule has 0 spiro atoms. The number of rotatable bonds is 7. The first-order valence-corrected chi connectivity index (χ1v) is 12.0. The third-order valence-corrected chi connectivity index (χ3v) is 7.15. The molecule has 2 heterocycles. The summed E-state index contributed by atoms with van der Waals surface area (Å²) in [7, 11) is 0. The molecule has 1 aromatic carbocycles. The van der Waals surface area contributed by atoms with Gasteiger partial charge in [-0.25, -0.2) is 4.79 Å². The van der Waals surface area contributed by atoms with Crippen LogP contribution in [0.25, 0.3) is 0 Å². The van der Waals surface area contributed by atoms with Crippen LogP contribution in [0.2, 0.25) is 5.02 Å². The van der Waals surface area contributed by atoms with Crippen molar-refractivity contribution in [1.29, 1.82) is 0 Å². The van der Waals surface area contributed by atoms with Crippen LogP contribution in [-0.4, -0.2) is 31.6 Å². The molecule has 0 amide bonds. The van der Waals surface area contributed by atoms with E-state index in [1.807, 2.05) is 37.4 Å². The lowest BCUT2D eigenvalue weighted by Crippen LogP contribution is -2.36. The Morgan fingerprint density at radius 3 is 2.66 bits per heavy atom. The minimum Gasteiger partial charge on any atom is -0.460 e. The van der Waals surface area contributed by atoms with Crippen LogP contribution in [0.1, 0.15) is 49.0 Å². The fourth-order valence-corrected chi connectivity index (χ4v) is 5.39. The van der Waals surface area contributed by atoms with Crippen molar-refractivity contribution in [1.82, 2.24) is 5.32 Å². The highest BCUT2D eigenvalue weighted by Gasteiger charge is 2.41. The fraction of sp³-hybridized carbons (Fsp3) is 0.360. The lowest BCUT2D eigenvalue weighted by Gasteiger charge is -2.36. The van der Waals surface area contributed by atoms with Gasteiger partial charge < -0.3 is 14.8 Å². The van der Waals surface area contributed by atoms with Gasteiger partial charge in [0.25, 0.3) is 0 Å². The quantitative estimate of drug-likeness (QED) is 0.436. The summed E-state index contributed by atoms with van der Waals surface area (Å²) in [6.07, 6.45) is 1.16. The minimum absolute atomic E-state index is 0.0595. The van der Waals surface area contributed by atoms with Gasteiger partial charge in [-0.15, -0.1) is 11.3 Å². The van der Waals surface area contributed by atoms with Crippen LogP contribution in [0.4, 0.5) is 0 Å². The van der Waals surface area contributed by atoms with Gasteiger partial charge in [-0.3, -0.25) is 4.79 Å². The molecule has 2 aromatic rings. The Balaban J connectivity index is 1.70. The summed E-state index contributed by atoms with van der Waals surface area (Å²) in [5.74, 6) is -0.717. The Labute approximate surface area is 197 Å².